The molecule has 0 spiro atoms. The summed E-state index contributed by atoms with van der Waals surface area (Å²) in [6, 6.07) is 0.343. The van der Waals surface area contributed by atoms with Crippen LogP contribution in [0.25, 0.3) is 0 Å². The van der Waals surface area contributed by atoms with Crippen LogP contribution in [-0.2, 0) is 7.05 Å². The second kappa shape index (κ2) is 4.60. The van der Waals surface area contributed by atoms with Crippen LogP contribution in [0.5, 0.6) is 0 Å². The van der Waals surface area contributed by atoms with Crippen molar-refractivity contribution in [3.05, 3.63) is 18.2 Å². The van der Waals surface area contributed by atoms with Crippen LogP contribution in [0.3, 0.4) is 0 Å². The fourth-order valence-corrected chi connectivity index (χ4v) is 1.69. The van der Waals surface area contributed by atoms with E-state index in [1.165, 1.54) is 0 Å². The van der Waals surface area contributed by atoms with Gasteiger partial charge >= 0.3 is 0 Å². The molecule has 2 unspecified atom stereocenters. The van der Waals surface area contributed by atoms with Crippen molar-refractivity contribution in [2.45, 2.75) is 26.8 Å². The molecular formula is C11H21N3. The largest absolute Gasteiger partial charge is 0.337 e. The van der Waals surface area contributed by atoms with Crippen molar-refractivity contribution in [2.24, 2.45) is 18.9 Å². The van der Waals surface area contributed by atoms with E-state index in [4.69, 9.17) is 0 Å². The van der Waals surface area contributed by atoms with Gasteiger partial charge in [-0.3, -0.25) is 0 Å². The van der Waals surface area contributed by atoms with Crippen molar-refractivity contribution in [3.63, 3.8) is 0 Å². The smallest absolute Gasteiger partial charge is 0.125 e. The van der Waals surface area contributed by atoms with Crippen molar-refractivity contribution in [1.29, 1.82) is 0 Å². The van der Waals surface area contributed by atoms with Crippen LogP contribution in [0.2, 0.25) is 0 Å². The lowest BCUT2D eigenvalue weighted by Crippen LogP contribution is -2.29. The summed E-state index contributed by atoms with van der Waals surface area (Å²) in [7, 11) is 4.04. The highest BCUT2D eigenvalue weighted by molar-refractivity contribution is 5.00. The highest BCUT2D eigenvalue weighted by atomic mass is 15.1. The molecule has 1 N–H and O–H groups in total. The topological polar surface area (TPSA) is 29.9 Å². The molecule has 0 amide bonds. The molecule has 1 aromatic heterocycles. The number of imidazole rings is 1. The average Bonchev–Trinajstić information content (AvgIpc) is 2.53. The zero-order valence-electron chi connectivity index (χ0n) is 9.78. The molecule has 0 aliphatic rings. The van der Waals surface area contributed by atoms with Crippen LogP contribution in [0.1, 0.15) is 32.6 Å². The number of hydrogen-bond donors (Lipinski definition) is 1. The van der Waals surface area contributed by atoms with Gasteiger partial charge in [-0.2, -0.15) is 0 Å². The lowest BCUT2D eigenvalue weighted by atomic mass is 9.90. The van der Waals surface area contributed by atoms with E-state index in [2.05, 4.69) is 35.6 Å². The van der Waals surface area contributed by atoms with Crippen LogP contribution in [0.4, 0.5) is 0 Å². The first-order valence-corrected chi connectivity index (χ1v) is 5.22. The van der Waals surface area contributed by atoms with Crippen LogP contribution < -0.4 is 5.32 Å². The third kappa shape index (κ3) is 2.15. The maximum absolute atomic E-state index is 4.39. The lowest BCUT2D eigenvalue weighted by molar-refractivity contribution is 0.302. The van der Waals surface area contributed by atoms with E-state index in [9.17, 15) is 0 Å². The van der Waals surface area contributed by atoms with Gasteiger partial charge in [-0.25, -0.2) is 4.98 Å². The Hall–Kier alpha value is -0.830. The SMILES string of the molecule is CNC(c1nccn1C)C(C)C(C)C. The Morgan fingerprint density at radius 2 is 2.00 bits per heavy atom. The second-order valence-electron chi connectivity index (χ2n) is 4.27. The average molecular weight is 195 g/mol. The van der Waals surface area contributed by atoms with Gasteiger partial charge in [0.05, 0.1) is 6.04 Å². The summed E-state index contributed by atoms with van der Waals surface area (Å²) in [5.41, 5.74) is 0. The Labute approximate surface area is 86.5 Å². The van der Waals surface area contributed by atoms with E-state index < -0.39 is 0 Å². The summed E-state index contributed by atoms with van der Waals surface area (Å²) in [4.78, 5) is 4.39. The molecule has 1 aromatic rings. The van der Waals surface area contributed by atoms with Crippen molar-refractivity contribution >= 4 is 0 Å². The predicted octanol–water partition coefficient (Wildman–Crippen LogP) is 1.97. The second-order valence-corrected chi connectivity index (χ2v) is 4.27. The van der Waals surface area contributed by atoms with E-state index in [0.717, 1.165) is 5.82 Å². The Kier molecular flexibility index (Phi) is 3.69. The zero-order chi connectivity index (χ0) is 10.7. The number of nitrogens with one attached hydrogen (secondary N) is 1. The van der Waals surface area contributed by atoms with Crippen LogP contribution in [0.15, 0.2) is 12.4 Å². The maximum atomic E-state index is 4.39. The Morgan fingerprint density at radius 1 is 1.36 bits per heavy atom. The summed E-state index contributed by atoms with van der Waals surface area (Å²) >= 11 is 0. The normalized spacial score (nSPS) is 15.9. The zero-order valence-corrected chi connectivity index (χ0v) is 9.78. The number of aromatic nitrogens is 2. The van der Waals surface area contributed by atoms with Crippen LogP contribution in [0, 0.1) is 11.8 Å². The van der Waals surface area contributed by atoms with Gasteiger partial charge in [0.2, 0.25) is 0 Å². The molecule has 0 saturated heterocycles. The first-order valence-electron chi connectivity index (χ1n) is 5.22. The lowest BCUT2D eigenvalue weighted by Gasteiger charge is -2.26. The summed E-state index contributed by atoms with van der Waals surface area (Å²) in [5.74, 6) is 2.36. The van der Waals surface area contributed by atoms with Crippen molar-refractivity contribution < 1.29 is 0 Å². The van der Waals surface area contributed by atoms with Crippen molar-refractivity contribution in [2.75, 3.05) is 7.05 Å². The Bertz CT molecular complexity index is 278. The number of rotatable bonds is 4. The highest BCUT2D eigenvalue weighted by Crippen LogP contribution is 2.25. The Balaban J connectivity index is 2.87. The molecule has 0 radical (unpaired) electrons. The summed E-state index contributed by atoms with van der Waals surface area (Å²) in [5, 5.41) is 3.34. The molecule has 0 bridgehead atoms. The minimum atomic E-state index is 0.343. The molecule has 0 fully saturated rings. The first-order chi connectivity index (χ1) is 6.57. The van der Waals surface area contributed by atoms with Gasteiger partial charge in [-0.15, -0.1) is 0 Å². The van der Waals surface area contributed by atoms with Gasteiger partial charge in [0.15, 0.2) is 0 Å². The van der Waals surface area contributed by atoms with E-state index in [1.807, 2.05) is 26.5 Å². The van der Waals surface area contributed by atoms with Gasteiger partial charge in [0.25, 0.3) is 0 Å². The minimum Gasteiger partial charge on any atom is -0.337 e. The fraction of sp³-hybridized carbons (Fsp3) is 0.727. The van der Waals surface area contributed by atoms with E-state index >= 15 is 0 Å². The summed E-state index contributed by atoms with van der Waals surface area (Å²) in [6.07, 6.45) is 3.85. The van der Waals surface area contributed by atoms with Gasteiger partial charge in [0, 0.05) is 19.4 Å². The van der Waals surface area contributed by atoms with E-state index in [1.54, 1.807) is 0 Å². The summed E-state index contributed by atoms with van der Waals surface area (Å²) in [6.45, 7) is 6.76. The molecule has 0 saturated carbocycles. The standard InChI is InChI=1S/C11H21N3/c1-8(2)9(3)10(12-4)11-13-6-7-14(11)5/h6-10,12H,1-5H3. The molecule has 0 aromatic carbocycles. The molecule has 2 atom stereocenters. The molecule has 1 heterocycles. The predicted molar refractivity (Wildman–Crippen MR) is 59.0 cm³/mol. The molecule has 1 rings (SSSR count). The molecule has 0 aliphatic carbocycles. The Morgan fingerprint density at radius 3 is 2.36 bits per heavy atom. The maximum Gasteiger partial charge on any atom is 0.125 e. The molecular weight excluding hydrogens is 174 g/mol. The highest BCUT2D eigenvalue weighted by Gasteiger charge is 2.23. The van der Waals surface area contributed by atoms with Crippen molar-refractivity contribution in [3.8, 4) is 0 Å². The van der Waals surface area contributed by atoms with Crippen LogP contribution >= 0.6 is 0 Å². The summed E-state index contributed by atoms with van der Waals surface area (Å²) < 4.78 is 2.08. The third-order valence-corrected chi connectivity index (χ3v) is 3.02. The first kappa shape index (κ1) is 11.2. The van der Waals surface area contributed by atoms with Gasteiger partial charge in [-0.05, 0) is 18.9 Å². The number of nitrogens with zero attached hydrogens (tertiary/aromatic N) is 2. The van der Waals surface area contributed by atoms with E-state index in [0.29, 0.717) is 17.9 Å². The third-order valence-electron chi connectivity index (χ3n) is 3.02. The fourth-order valence-electron chi connectivity index (χ4n) is 1.69. The molecule has 3 nitrogen and oxygen atoms in total. The quantitative estimate of drug-likeness (QED) is 0.796. The molecule has 0 aliphatic heterocycles. The monoisotopic (exact) mass is 195 g/mol. The van der Waals surface area contributed by atoms with Crippen molar-refractivity contribution in [1.82, 2.24) is 14.9 Å². The minimum absolute atomic E-state index is 0.343. The van der Waals surface area contributed by atoms with Gasteiger partial charge in [0.1, 0.15) is 5.82 Å². The molecule has 14 heavy (non-hydrogen) atoms. The van der Waals surface area contributed by atoms with Gasteiger partial charge in [-0.1, -0.05) is 20.8 Å². The number of aryl methyl sites for hydroxylation is 1. The van der Waals surface area contributed by atoms with E-state index in [-0.39, 0.29) is 0 Å². The van der Waals surface area contributed by atoms with Crippen LogP contribution in [-0.4, -0.2) is 16.6 Å². The van der Waals surface area contributed by atoms with Gasteiger partial charge < -0.3 is 9.88 Å². The number of hydrogen-bond acceptors (Lipinski definition) is 2. The molecule has 80 valence electrons. The molecule has 3 heteroatoms.